The fraction of sp³-hybridized carbons (Fsp3) is 0.474. The summed E-state index contributed by atoms with van der Waals surface area (Å²) in [7, 11) is 1.61. The lowest BCUT2D eigenvalue weighted by atomic mass is 10.1. The summed E-state index contributed by atoms with van der Waals surface area (Å²) in [6, 6.07) is 5.62. The van der Waals surface area contributed by atoms with Crippen molar-refractivity contribution in [3.63, 3.8) is 0 Å². The summed E-state index contributed by atoms with van der Waals surface area (Å²) in [4.78, 5) is 25.7. The van der Waals surface area contributed by atoms with Crippen LogP contribution in [-0.2, 0) is 9.59 Å². The van der Waals surface area contributed by atoms with E-state index < -0.39 is 0 Å². The van der Waals surface area contributed by atoms with E-state index in [1.807, 2.05) is 45.0 Å². The first-order valence-electron chi connectivity index (χ1n) is 8.55. The van der Waals surface area contributed by atoms with Crippen LogP contribution in [0.2, 0.25) is 0 Å². The maximum Gasteiger partial charge on any atom is 0.253 e. The van der Waals surface area contributed by atoms with Gasteiger partial charge in [-0.15, -0.1) is 0 Å². The molecular formula is C19H26N2O4. The highest BCUT2D eigenvalue weighted by Gasteiger charge is 2.22. The molecule has 0 unspecified atom stereocenters. The fourth-order valence-electron chi connectivity index (χ4n) is 2.48. The summed E-state index contributed by atoms with van der Waals surface area (Å²) >= 11 is 0. The van der Waals surface area contributed by atoms with Crippen molar-refractivity contribution in [1.29, 1.82) is 0 Å². The van der Waals surface area contributed by atoms with Gasteiger partial charge in [0.25, 0.3) is 5.91 Å². The predicted molar refractivity (Wildman–Crippen MR) is 96.6 cm³/mol. The van der Waals surface area contributed by atoms with Gasteiger partial charge in [0, 0.05) is 24.7 Å². The van der Waals surface area contributed by atoms with Gasteiger partial charge in [0.05, 0.1) is 18.7 Å². The van der Waals surface area contributed by atoms with Crippen molar-refractivity contribution < 1.29 is 19.1 Å². The second-order valence-corrected chi connectivity index (χ2v) is 6.39. The monoisotopic (exact) mass is 346 g/mol. The Labute approximate surface area is 148 Å². The number of rotatable bonds is 7. The minimum Gasteiger partial charge on any atom is -0.493 e. The highest BCUT2D eigenvalue weighted by atomic mass is 16.5. The molecule has 2 rings (SSSR count). The van der Waals surface area contributed by atoms with Crippen molar-refractivity contribution >= 4 is 17.9 Å². The molecule has 0 radical (unpaired) electrons. The normalized spacial score (nSPS) is 12.8. The van der Waals surface area contributed by atoms with Gasteiger partial charge in [0.15, 0.2) is 0 Å². The van der Waals surface area contributed by atoms with Gasteiger partial charge in [-0.05, 0) is 38.5 Å². The van der Waals surface area contributed by atoms with Crippen LogP contribution in [0.5, 0.6) is 11.5 Å². The van der Waals surface area contributed by atoms with Crippen LogP contribution in [0.3, 0.4) is 0 Å². The first kappa shape index (κ1) is 18.8. The SMILES string of the molecule is CCCOc1ccc2c(c1)OCC(C(=O)N(C)CC(=O)NC(C)C)=C2. The molecule has 1 aromatic carbocycles. The zero-order valence-electron chi connectivity index (χ0n) is 15.3. The largest absolute Gasteiger partial charge is 0.493 e. The van der Waals surface area contributed by atoms with E-state index in [1.54, 1.807) is 7.05 Å². The Morgan fingerprint density at radius 2 is 2.12 bits per heavy atom. The van der Waals surface area contributed by atoms with E-state index in [-0.39, 0.29) is 31.0 Å². The molecule has 1 aliphatic rings. The molecule has 0 aromatic heterocycles. The van der Waals surface area contributed by atoms with Crippen LogP contribution in [0.1, 0.15) is 32.8 Å². The molecule has 0 saturated heterocycles. The summed E-state index contributed by atoms with van der Waals surface area (Å²) in [5, 5.41) is 2.77. The Kier molecular flexibility index (Phi) is 6.44. The lowest BCUT2D eigenvalue weighted by molar-refractivity contribution is -0.132. The van der Waals surface area contributed by atoms with E-state index in [9.17, 15) is 9.59 Å². The summed E-state index contributed by atoms with van der Waals surface area (Å²) < 4.78 is 11.3. The van der Waals surface area contributed by atoms with E-state index in [0.29, 0.717) is 17.9 Å². The summed E-state index contributed by atoms with van der Waals surface area (Å²) in [5.41, 5.74) is 1.35. The molecule has 1 aliphatic heterocycles. The number of amides is 2. The lowest BCUT2D eigenvalue weighted by Gasteiger charge is -2.23. The van der Waals surface area contributed by atoms with Gasteiger partial charge in [-0.3, -0.25) is 9.59 Å². The Morgan fingerprint density at radius 3 is 2.80 bits per heavy atom. The summed E-state index contributed by atoms with van der Waals surface area (Å²) in [5.74, 6) is 1.06. The number of benzene rings is 1. The Bertz CT molecular complexity index is 667. The molecule has 0 aliphatic carbocycles. The fourth-order valence-corrected chi connectivity index (χ4v) is 2.48. The van der Waals surface area contributed by atoms with E-state index in [1.165, 1.54) is 4.90 Å². The number of hydrogen-bond acceptors (Lipinski definition) is 4. The molecule has 2 amide bonds. The number of carbonyl (C=O) groups is 2. The van der Waals surface area contributed by atoms with Crippen LogP contribution in [0.4, 0.5) is 0 Å². The first-order valence-corrected chi connectivity index (χ1v) is 8.55. The van der Waals surface area contributed by atoms with Gasteiger partial charge in [-0.1, -0.05) is 6.92 Å². The minimum atomic E-state index is -0.212. The van der Waals surface area contributed by atoms with Gasteiger partial charge in [-0.25, -0.2) is 0 Å². The number of likely N-dealkylation sites (N-methyl/N-ethyl adjacent to an activating group) is 1. The highest BCUT2D eigenvalue weighted by Crippen LogP contribution is 2.30. The summed E-state index contributed by atoms with van der Waals surface area (Å²) in [6.45, 7) is 6.67. The van der Waals surface area contributed by atoms with Gasteiger partial charge in [0.1, 0.15) is 18.1 Å². The van der Waals surface area contributed by atoms with Crippen molar-refractivity contribution in [3.05, 3.63) is 29.3 Å². The molecule has 0 saturated carbocycles. The third-order valence-corrected chi connectivity index (χ3v) is 3.62. The molecular weight excluding hydrogens is 320 g/mol. The summed E-state index contributed by atoms with van der Waals surface area (Å²) in [6.07, 6.45) is 2.74. The molecule has 1 aromatic rings. The number of fused-ring (bicyclic) bond motifs is 1. The van der Waals surface area contributed by atoms with Crippen LogP contribution in [-0.4, -0.2) is 49.6 Å². The standard InChI is InChI=1S/C19H26N2O4/c1-5-8-24-16-7-6-14-9-15(12-25-17(14)10-16)19(23)21(4)11-18(22)20-13(2)3/h6-7,9-10,13H,5,8,11-12H2,1-4H3,(H,20,22). The van der Waals surface area contributed by atoms with Gasteiger partial charge >= 0.3 is 0 Å². The number of hydrogen-bond donors (Lipinski definition) is 1. The van der Waals surface area contributed by atoms with E-state index in [2.05, 4.69) is 5.32 Å². The Morgan fingerprint density at radius 1 is 1.36 bits per heavy atom. The van der Waals surface area contributed by atoms with E-state index in [0.717, 1.165) is 17.7 Å². The van der Waals surface area contributed by atoms with Crippen LogP contribution < -0.4 is 14.8 Å². The van der Waals surface area contributed by atoms with E-state index >= 15 is 0 Å². The van der Waals surface area contributed by atoms with Gasteiger partial charge in [0.2, 0.25) is 5.91 Å². The van der Waals surface area contributed by atoms with Crippen molar-refractivity contribution in [2.75, 3.05) is 26.8 Å². The average Bonchev–Trinajstić information content (AvgIpc) is 2.57. The minimum absolute atomic E-state index is 0.0189. The first-order chi connectivity index (χ1) is 11.9. The number of carbonyl (C=O) groups excluding carboxylic acids is 2. The van der Waals surface area contributed by atoms with Crippen LogP contribution in [0, 0.1) is 0 Å². The van der Waals surface area contributed by atoms with Gasteiger partial charge < -0.3 is 19.7 Å². The van der Waals surface area contributed by atoms with Crippen molar-refractivity contribution in [1.82, 2.24) is 10.2 Å². The predicted octanol–water partition coefficient (Wildman–Crippen LogP) is 2.23. The zero-order chi connectivity index (χ0) is 18.4. The number of nitrogens with one attached hydrogen (secondary N) is 1. The quantitative estimate of drug-likeness (QED) is 0.822. The highest BCUT2D eigenvalue weighted by molar-refractivity contribution is 6.00. The molecule has 1 heterocycles. The topological polar surface area (TPSA) is 67.9 Å². The maximum atomic E-state index is 12.5. The van der Waals surface area contributed by atoms with E-state index in [4.69, 9.17) is 9.47 Å². The van der Waals surface area contributed by atoms with Crippen molar-refractivity contribution in [2.45, 2.75) is 33.2 Å². The van der Waals surface area contributed by atoms with Crippen molar-refractivity contribution in [2.24, 2.45) is 0 Å². The smallest absolute Gasteiger partial charge is 0.253 e. The lowest BCUT2D eigenvalue weighted by Crippen LogP contribution is -2.41. The Balaban J connectivity index is 2.04. The molecule has 1 N–H and O–H groups in total. The molecule has 25 heavy (non-hydrogen) atoms. The molecule has 136 valence electrons. The molecule has 0 spiro atoms. The third-order valence-electron chi connectivity index (χ3n) is 3.62. The molecule has 6 nitrogen and oxygen atoms in total. The third kappa shape index (κ3) is 5.24. The molecule has 0 bridgehead atoms. The van der Waals surface area contributed by atoms with Crippen LogP contribution in [0.15, 0.2) is 23.8 Å². The maximum absolute atomic E-state index is 12.5. The average molecular weight is 346 g/mol. The zero-order valence-corrected chi connectivity index (χ0v) is 15.3. The second-order valence-electron chi connectivity index (χ2n) is 6.39. The van der Waals surface area contributed by atoms with Gasteiger partial charge in [-0.2, -0.15) is 0 Å². The molecule has 0 fully saturated rings. The number of nitrogens with zero attached hydrogens (tertiary/aromatic N) is 1. The van der Waals surface area contributed by atoms with Crippen LogP contribution in [0.25, 0.3) is 6.08 Å². The second kappa shape index (κ2) is 8.55. The molecule has 6 heteroatoms. The van der Waals surface area contributed by atoms with Crippen molar-refractivity contribution in [3.8, 4) is 11.5 Å². The number of ether oxygens (including phenoxy) is 2. The molecule has 0 atom stereocenters. The van der Waals surface area contributed by atoms with Crippen LogP contribution >= 0.6 is 0 Å². The Hall–Kier alpha value is -2.50.